The molecule has 0 amide bonds. The van der Waals surface area contributed by atoms with Gasteiger partial charge in [-0.3, -0.25) is 9.97 Å². The molecule has 0 N–H and O–H groups in total. The molecular formula is C21H21FN2O. The molecule has 0 unspecified atom stereocenters. The zero-order chi connectivity index (χ0) is 17.2. The third-order valence-electron chi connectivity index (χ3n) is 5.05. The molecule has 3 nitrogen and oxygen atoms in total. The van der Waals surface area contributed by atoms with Gasteiger partial charge < -0.3 is 4.74 Å². The fourth-order valence-electron chi connectivity index (χ4n) is 3.77. The smallest absolute Gasteiger partial charge is 0.128 e. The Morgan fingerprint density at radius 3 is 2.72 bits per heavy atom. The average Bonchev–Trinajstić information content (AvgIpc) is 2.68. The van der Waals surface area contributed by atoms with Crippen LogP contribution in [0.15, 0.2) is 42.6 Å². The Morgan fingerprint density at radius 1 is 1.08 bits per heavy atom. The van der Waals surface area contributed by atoms with Crippen LogP contribution in [0.3, 0.4) is 0 Å². The second kappa shape index (κ2) is 6.79. The van der Waals surface area contributed by atoms with Crippen LogP contribution in [-0.2, 0) is 0 Å². The Bertz CT molecular complexity index is 904. The van der Waals surface area contributed by atoms with Crippen LogP contribution in [0.2, 0.25) is 0 Å². The molecule has 1 aromatic carbocycles. The molecule has 2 aromatic heterocycles. The molecule has 0 saturated heterocycles. The van der Waals surface area contributed by atoms with Crippen LogP contribution >= 0.6 is 0 Å². The fraction of sp³-hybridized carbons (Fsp3) is 0.333. The third kappa shape index (κ3) is 3.09. The van der Waals surface area contributed by atoms with Gasteiger partial charge in [0.25, 0.3) is 0 Å². The Morgan fingerprint density at radius 2 is 1.92 bits per heavy atom. The first-order valence-corrected chi connectivity index (χ1v) is 8.86. The molecule has 128 valence electrons. The molecule has 1 aliphatic rings. The van der Waals surface area contributed by atoms with Gasteiger partial charge in [0, 0.05) is 28.8 Å². The summed E-state index contributed by atoms with van der Waals surface area (Å²) in [5, 5.41) is 1.04. The number of fused-ring (bicyclic) bond motifs is 1. The topological polar surface area (TPSA) is 35.0 Å². The molecule has 0 radical (unpaired) electrons. The van der Waals surface area contributed by atoms with Crippen molar-refractivity contribution < 1.29 is 9.13 Å². The van der Waals surface area contributed by atoms with Gasteiger partial charge in [-0.1, -0.05) is 25.3 Å². The van der Waals surface area contributed by atoms with E-state index in [2.05, 4.69) is 11.1 Å². The van der Waals surface area contributed by atoms with E-state index in [0.717, 1.165) is 16.6 Å². The number of ether oxygens (including phenoxy) is 1. The molecule has 4 rings (SSSR count). The van der Waals surface area contributed by atoms with Gasteiger partial charge in [-0.2, -0.15) is 0 Å². The Kier molecular flexibility index (Phi) is 4.35. The first-order chi connectivity index (χ1) is 12.3. The molecule has 0 spiro atoms. The zero-order valence-electron chi connectivity index (χ0n) is 14.3. The van der Waals surface area contributed by atoms with Crippen molar-refractivity contribution in [3.05, 3.63) is 54.1 Å². The largest absolute Gasteiger partial charge is 0.496 e. The highest BCUT2D eigenvalue weighted by Crippen LogP contribution is 2.37. The first-order valence-electron chi connectivity index (χ1n) is 8.86. The Balaban J connectivity index is 1.94. The van der Waals surface area contributed by atoms with Crippen molar-refractivity contribution >= 4 is 10.9 Å². The lowest BCUT2D eigenvalue weighted by Gasteiger charge is -2.22. The van der Waals surface area contributed by atoms with E-state index in [1.54, 1.807) is 19.4 Å². The van der Waals surface area contributed by atoms with Gasteiger partial charge in [-0.05, 0) is 43.2 Å². The minimum atomic E-state index is -0.301. The number of methoxy groups -OCH3 is 1. The molecule has 2 heterocycles. The molecular weight excluding hydrogens is 315 g/mol. The second-order valence-corrected chi connectivity index (χ2v) is 6.65. The minimum absolute atomic E-state index is 0.301. The van der Waals surface area contributed by atoms with Crippen molar-refractivity contribution in [3.8, 4) is 17.0 Å². The van der Waals surface area contributed by atoms with Crippen LogP contribution in [-0.4, -0.2) is 17.1 Å². The van der Waals surface area contributed by atoms with Gasteiger partial charge in [0.05, 0.1) is 12.6 Å². The summed E-state index contributed by atoms with van der Waals surface area (Å²) in [5.41, 5.74) is 3.23. The molecule has 3 aromatic rings. The lowest BCUT2D eigenvalue weighted by molar-refractivity contribution is 0.415. The van der Waals surface area contributed by atoms with Crippen molar-refractivity contribution in [1.29, 1.82) is 0 Å². The molecule has 0 atom stereocenters. The standard InChI is InChI=1S/C21H21FN2O/c1-25-19-10-9-16(22)13-17(19)21-20-15(8-5-11-23-20)12-18(24-21)14-6-3-2-4-7-14/h5,8-14H,2-4,6-7H2,1H3. The normalized spacial score (nSPS) is 15.4. The summed E-state index contributed by atoms with van der Waals surface area (Å²) in [4.78, 5) is 9.44. The summed E-state index contributed by atoms with van der Waals surface area (Å²) >= 11 is 0. The van der Waals surface area contributed by atoms with Crippen LogP contribution in [0.1, 0.15) is 43.7 Å². The number of pyridine rings is 2. The number of nitrogens with zero attached hydrogens (tertiary/aromatic N) is 2. The molecule has 4 heteroatoms. The zero-order valence-corrected chi connectivity index (χ0v) is 14.3. The predicted octanol–water partition coefficient (Wildman–Crippen LogP) is 5.49. The monoisotopic (exact) mass is 336 g/mol. The molecule has 0 bridgehead atoms. The van der Waals surface area contributed by atoms with E-state index in [1.165, 1.54) is 44.2 Å². The summed E-state index contributed by atoms with van der Waals surface area (Å²) in [5.74, 6) is 0.781. The average molecular weight is 336 g/mol. The quantitative estimate of drug-likeness (QED) is 0.634. The van der Waals surface area contributed by atoms with Gasteiger partial charge in [-0.15, -0.1) is 0 Å². The Labute approximate surface area is 146 Å². The fourth-order valence-corrected chi connectivity index (χ4v) is 3.77. The van der Waals surface area contributed by atoms with Crippen molar-refractivity contribution in [2.75, 3.05) is 7.11 Å². The van der Waals surface area contributed by atoms with Gasteiger partial charge >= 0.3 is 0 Å². The van der Waals surface area contributed by atoms with Crippen molar-refractivity contribution in [3.63, 3.8) is 0 Å². The van der Waals surface area contributed by atoms with E-state index >= 15 is 0 Å². The first kappa shape index (κ1) is 16.0. The summed E-state index contributed by atoms with van der Waals surface area (Å²) < 4.78 is 19.4. The van der Waals surface area contributed by atoms with Gasteiger partial charge in [0.15, 0.2) is 0 Å². The van der Waals surface area contributed by atoms with Gasteiger partial charge in [0.1, 0.15) is 17.3 Å². The van der Waals surface area contributed by atoms with E-state index in [0.29, 0.717) is 22.9 Å². The van der Waals surface area contributed by atoms with Crippen LogP contribution < -0.4 is 4.74 Å². The summed E-state index contributed by atoms with van der Waals surface area (Å²) in [6.45, 7) is 0. The molecule has 1 fully saturated rings. The van der Waals surface area contributed by atoms with Crippen LogP contribution in [0.25, 0.3) is 22.2 Å². The number of hydrogen-bond donors (Lipinski definition) is 0. The van der Waals surface area contributed by atoms with Crippen molar-refractivity contribution in [1.82, 2.24) is 9.97 Å². The predicted molar refractivity (Wildman–Crippen MR) is 97.3 cm³/mol. The lowest BCUT2D eigenvalue weighted by atomic mass is 9.86. The van der Waals surface area contributed by atoms with Crippen molar-refractivity contribution in [2.24, 2.45) is 0 Å². The summed E-state index contributed by atoms with van der Waals surface area (Å²) in [6, 6.07) is 10.7. The SMILES string of the molecule is COc1ccc(F)cc1-c1nc(C2CCCCC2)cc2cccnc12. The minimum Gasteiger partial charge on any atom is -0.496 e. The summed E-state index contributed by atoms with van der Waals surface area (Å²) in [6.07, 6.45) is 7.87. The number of aromatic nitrogens is 2. The second-order valence-electron chi connectivity index (χ2n) is 6.65. The van der Waals surface area contributed by atoms with E-state index in [1.807, 2.05) is 12.1 Å². The molecule has 1 aliphatic carbocycles. The highest BCUT2D eigenvalue weighted by atomic mass is 19.1. The molecule has 1 saturated carbocycles. The van der Waals surface area contributed by atoms with Gasteiger partial charge in [-0.25, -0.2) is 4.39 Å². The van der Waals surface area contributed by atoms with Crippen molar-refractivity contribution in [2.45, 2.75) is 38.0 Å². The highest BCUT2D eigenvalue weighted by Gasteiger charge is 2.21. The number of hydrogen-bond acceptors (Lipinski definition) is 3. The Hall–Kier alpha value is -2.49. The molecule has 0 aliphatic heterocycles. The van der Waals surface area contributed by atoms with E-state index in [4.69, 9.17) is 9.72 Å². The van der Waals surface area contributed by atoms with Crippen LogP contribution in [0.5, 0.6) is 5.75 Å². The van der Waals surface area contributed by atoms with E-state index in [9.17, 15) is 4.39 Å². The molecule has 25 heavy (non-hydrogen) atoms. The summed E-state index contributed by atoms with van der Waals surface area (Å²) in [7, 11) is 1.59. The van der Waals surface area contributed by atoms with Gasteiger partial charge in [0.2, 0.25) is 0 Å². The third-order valence-corrected chi connectivity index (χ3v) is 5.05. The lowest BCUT2D eigenvalue weighted by Crippen LogP contribution is -2.08. The van der Waals surface area contributed by atoms with E-state index in [-0.39, 0.29) is 5.82 Å². The maximum absolute atomic E-state index is 13.9. The number of benzene rings is 1. The number of rotatable bonds is 3. The maximum atomic E-state index is 13.9. The van der Waals surface area contributed by atoms with Crippen LogP contribution in [0.4, 0.5) is 4.39 Å². The highest BCUT2D eigenvalue weighted by molar-refractivity contribution is 5.93. The van der Waals surface area contributed by atoms with E-state index < -0.39 is 0 Å². The van der Waals surface area contributed by atoms with Crippen LogP contribution in [0, 0.1) is 5.82 Å². The maximum Gasteiger partial charge on any atom is 0.128 e. The number of halogens is 1.